The maximum Gasteiger partial charge on any atom is 0.342 e. The second-order valence-corrected chi connectivity index (χ2v) is 6.59. The number of halogens is 1. The first-order valence-corrected chi connectivity index (χ1v) is 8.78. The molecular formula is C17H16ClN3O4S. The van der Waals surface area contributed by atoms with Crippen molar-refractivity contribution in [3.63, 3.8) is 0 Å². The highest BCUT2D eigenvalue weighted by molar-refractivity contribution is 7.18. The predicted molar refractivity (Wildman–Crippen MR) is 98.4 cm³/mol. The summed E-state index contributed by atoms with van der Waals surface area (Å²) in [7, 11) is 2.77. The van der Waals surface area contributed by atoms with E-state index in [4.69, 9.17) is 25.8 Å². The number of benzene rings is 1. The molecule has 9 heteroatoms. The van der Waals surface area contributed by atoms with Gasteiger partial charge in [0.25, 0.3) is 0 Å². The van der Waals surface area contributed by atoms with Crippen molar-refractivity contribution in [1.29, 1.82) is 0 Å². The number of hydrogen-bond acceptors (Lipinski definition) is 7. The van der Waals surface area contributed by atoms with E-state index in [1.54, 1.807) is 23.6 Å². The second-order valence-electron chi connectivity index (χ2n) is 5.21. The van der Waals surface area contributed by atoms with Crippen molar-refractivity contribution in [2.75, 3.05) is 14.2 Å². The van der Waals surface area contributed by atoms with Gasteiger partial charge >= 0.3 is 5.97 Å². The van der Waals surface area contributed by atoms with Gasteiger partial charge in [0.1, 0.15) is 29.4 Å². The minimum atomic E-state index is -0.521. The van der Waals surface area contributed by atoms with Crippen LogP contribution in [-0.2, 0) is 20.9 Å². The number of aromatic nitrogens is 3. The van der Waals surface area contributed by atoms with Gasteiger partial charge in [-0.2, -0.15) is 5.10 Å². The normalized spacial score (nSPS) is 11.6. The van der Waals surface area contributed by atoms with E-state index >= 15 is 0 Å². The largest absolute Gasteiger partial charge is 0.503 e. The van der Waals surface area contributed by atoms with Gasteiger partial charge in [0.05, 0.1) is 30.4 Å². The molecule has 0 unspecified atom stereocenters. The Morgan fingerprint density at radius 1 is 1.35 bits per heavy atom. The Morgan fingerprint density at radius 3 is 2.81 bits per heavy atom. The highest BCUT2D eigenvalue weighted by Gasteiger charge is 2.24. The molecule has 2 heterocycles. The van der Waals surface area contributed by atoms with E-state index in [0.29, 0.717) is 32.1 Å². The fourth-order valence-electron chi connectivity index (χ4n) is 2.35. The number of fused-ring (bicyclic) bond motifs is 1. The highest BCUT2D eigenvalue weighted by Crippen LogP contribution is 2.32. The molecule has 0 bridgehead atoms. The standard InChI is InChI=1S/C17H16ClN3O4S/c1-10-19-17-21(20-10)13(9-25-14-7-5-4-6-12(14)18)15(26-17)11(8-23-2)16(22)24-3/h4-8H,9H2,1-3H3. The fraction of sp³-hybridized carbons (Fsp3) is 0.235. The zero-order valence-electron chi connectivity index (χ0n) is 14.4. The first kappa shape index (κ1) is 18.2. The molecule has 0 amide bonds. The monoisotopic (exact) mass is 393 g/mol. The lowest BCUT2D eigenvalue weighted by Crippen LogP contribution is -2.09. The van der Waals surface area contributed by atoms with Crippen LogP contribution in [0, 0.1) is 6.92 Å². The van der Waals surface area contributed by atoms with E-state index in [9.17, 15) is 4.79 Å². The number of nitrogens with zero attached hydrogens (tertiary/aromatic N) is 3. The van der Waals surface area contributed by atoms with Gasteiger partial charge in [0.15, 0.2) is 0 Å². The molecule has 7 nitrogen and oxygen atoms in total. The SMILES string of the molecule is COC=C(C(=O)OC)c1sc2nc(C)nn2c1COc1ccccc1Cl. The summed E-state index contributed by atoms with van der Waals surface area (Å²) in [4.78, 5) is 17.8. The minimum Gasteiger partial charge on any atom is -0.503 e. The number of carbonyl (C=O) groups is 1. The third-order valence-electron chi connectivity index (χ3n) is 3.48. The summed E-state index contributed by atoms with van der Waals surface area (Å²) in [6, 6.07) is 7.16. The number of hydrogen-bond donors (Lipinski definition) is 0. The molecule has 0 N–H and O–H groups in total. The van der Waals surface area contributed by atoms with Crippen LogP contribution in [0.5, 0.6) is 5.75 Å². The van der Waals surface area contributed by atoms with Crippen LogP contribution >= 0.6 is 22.9 Å². The number of para-hydroxylation sites is 1. The van der Waals surface area contributed by atoms with Crippen molar-refractivity contribution in [2.45, 2.75) is 13.5 Å². The molecule has 2 aromatic heterocycles. The van der Waals surface area contributed by atoms with E-state index < -0.39 is 5.97 Å². The first-order valence-electron chi connectivity index (χ1n) is 7.59. The Bertz CT molecular complexity index is 980. The van der Waals surface area contributed by atoms with Gasteiger partial charge in [-0.05, 0) is 19.1 Å². The molecule has 0 saturated heterocycles. The summed E-state index contributed by atoms with van der Waals surface area (Å²) < 4.78 is 17.4. The van der Waals surface area contributed by atoms with Gasteiger partial charge in [0, 0.05) is 0 Å². The molecule has 0 radical (unpaired) electrons. The van der Waals surface area contributed by atoms with Crippen molar-refractivity contribution >= 4 is 39.4 Å². The van der Waals surface area contributed by atoms with Gasteiger partial charge in [-0.3, -0.25) is 0 Å². The van der Waals surface area contributed by atoms with Crippen LogP contribution < -0.4 is 4.74 Å². The minimum absolute atomic E-state index is 0.139. The molecule has 136 valence electrons. The van der Waals surface area contributed by atoms with Crippen LogP contribution in [-0.4, -0.2) is 34.8 Å². The molecule has 0 aliphatic heterocycles. The molecule has 0 spiro atoms. The van der Waals surface area contributed by atoms with Crippen LogP contribution in [0.1, 0.15) is 16.4 Å². The molecule has 0 atom stereocenters. The fourth-order valence-corrected chi connectivity index (χ4v) is 3.64. The van der Waals surface area contributed by atoms with E-state index in [1.165, 1.54) is 31.8 Å². The summed E-state index contributed by atoms with van der Waals surface area (Å²) in [5.41, 5.74) is 0.918. The molecule has 3 rings (SSSR count). The van der Waals surface area contributed by atoms with Gasteiger partial charge in [-0.15, -0.1) is 0 Å². The van der Waals surface area contributed by atoms with Crippen LogP contribution in [0.2, 0.25) is 5.02 Å². The molecule has 0 saturated carbocycles. The molecule has 0 aliphatic carbocycles. The third-order valence-corrected chi connectivity index (χ3v) is 4.90. The second kappa shape index (κ2) is 7.76. The van der Waals surface area contributed by atoms with E-state index in [2.05, 4.69) is 10.1 Å². The average Bonchev–Trinajstić information content (AvgIpc) is 3.14. The summed E-state index contributed by atoms with van der Waals surface area (Å²) in [5.74, 6) is 0.635. The van der Waals surface area contributed by atoms with Gasteiger partial charge in [-0.1, -0.05) is 35.1 Å². The number of rotatable bonds is 6. The molecule has 0 fully saturated rings. The van der Waals surface area contributed by atoms with E-state index in [-0.39, 0.29) is 12.2 Å². The number of carbonyl (C=O) groups excluding carboxylic acids is 1. The molecule has 1 aromatic carbocycles. The van der Waals surface area contributed by atoms with E-state index in [0.717, 1.165) is 0 Å². The molecular weight excluding hydrogens is 378 g/mol. The average molecular weight is 394 g/mol. The van der Waals surface area contributed by atoms with Crippen molar-refractivity contribution in [3.8, 4) is 5.75 Å². The van der Waals surface area contributed by atoms with Crippen LogP contribution in [0.3, 0.4) is 0 Å². The summed E-state index contributed by atoms with van der Waals surface area (Å²) in [6.45, 7) is 1.93. The van der Waals surface area contributed by atoms with Crippen molar-refractivity contribution in [1.82, 2.24) is 14.6 Å². The number of thiazole rings is 1. The Balaban J connectivity index is 2.05. The Hall–Kier alpha value is -2.58. The first-order chi connectivity index (χ1) is 12.5. The maximum absolute atomic E-state index is 12.2. The van der Waals surface area contributed by atoms with Crippen LogP contribution in [0.4, 0.5) is 0 Å². The Kier molecular flexibility index (Phi) is 5.43. The van der Waals surface area contributed by atoms with Gasteiger partial charge in [-0.25, -0.2) is 14.3 Å². The smallest absolute Gasteiger partial charge is 0.342 e. The molecule has 0 aliphatic rings. The van der Waals surface area contributed by atoms with Crippen molar-refractivity contribution in [3.05, 3.63) is 51.9 Å². The van der Waals surface area contributed by atoms with Crippen molar-refractivity contribution in [2.24, 2.45) is 0 Å². The number of aryl methyl sites for hydroxylation is 1. The number of ether oxygens (including phenoxy) is 3. The third kappa shape index (κ3) is 3.51. The lowest BCUT2D eigenvalue weighted by molar-refractivity contribution is -0.133. The lowest BCUT2D eigenvalue weighted by atomic mass is 10.2. The molecule has 26 heavy (non-hydrogen) atoms. The number of esters is 1. The van der Waals surface area contributed by atoms with Crippen molar-refractivity contribution < 1.29 is 19.0 Å². The predicted octanol–water partition coefficient (Wildman–Crippen LogP) is 3.49. The van der Waals surface area contributed by atoms with E-state index in [1.807, 2.05) is 12.1 Å². The Morgan fingerprint density at radius 2 is 2.12 bits per heavy atom. The summed E-state index contributed by atoms with van der Waals surface area (Å²) >= 11 is 7.45. The quantitative estimate of drug-likeness (QED) is 0.362. The van der Waals surface area contributed by atoms with Gasteiger partial charge < -0.3 is 14.2 Å². The van der Waals surface area contributed by atoms with Crippen LogP contribution in [0.25, 0.3) is 10.5 Å². The lowest BCUT2D eigenvalue weighted by Gasteiger charge is -2.10. The number of methoxy groups -OCH3 is 2. The zero-order chi connectivity index (χ0) is 18.7. The van der Waals surface area contributed by atoms with Gasteiger partial charge in [0.2, 0.25) is 4.96 Å². The maximum atomic E-state index is 12.2. The zero-order valence-corrected chi connectivity index (χ0v) is 15.9. The highest BCUT2D eigenvalue weighted by atomic mass is 35.5. The topological polar surface area (TPSA) is 75.0 Å². The molecule has 3 aromatic rings. The Labute approximate surface area is 158 Å². The van der Waals surface area contributed by atoms with Crippen LogP contribution in [0.15, 0.2) is 30.5 Å². The summed E-state index contributed by atoms with van der Waals surface area (Å²) in [5, 5.41) is 4.88. The summed E-state index contributed by atoms with van der Waals surface area (Å²) in [6.07, 6.45) is 1.34.